The number of nitro groups is 1. The first-order chi connectivity index (χ1) is 10.2. The highest BCUT2D eigenvalue weighted by Crippen LogP contribution is 2.29. The van der Waals surface area contributed by atoms with E-state index in [9.17, 15) is 18.5 Å². The molecule has 2 rings (SSSR count). The lowest BCUT2D eigenvalue weighted by Crippen LogP contribution is -2.22. The number of hydrogen-bond donors (Lipinski definition) is 1. The number of nitro benzene ring substituents is 1. The second-order valence-corrected chi connectivity index (χ2v) is 7.17. The SMILES string of the molecule is Cc1csc(CN(C)c2ccc([N+](=O)[O-])cc2S(N)(=O)=O)n1. The molecule has 22 heavy (non-hydrogen) atoms. The standard InChI is InChI=1S/C12H14N4O4S2/c1-8-7-21-12(14-8)6-15(2)10-4-3-9(16(17)18)5-11(10)22(13,19)20/h3-5,7H,6H2,1-2H3,(H2,13,19,20). The summed E-state index contributed by atoms with van der Waals surface area (Å²) in [5, 5.41) is 18.7. The Kier molecular flexibility index (Phi) is 4.44. The minimum atomic E-state index is -4.08. The van der Waals surface area contributed by atoms with Crippen molar-refractivity contribution in [1.82, 2.24) is 4.98 Å². The smallest absolute Gasteiger partial charge is 0.270 e. The highest BCUT2D eigenvalue weighted by atomic mass is 32.2. The molecule has 2 N–H and O–H groups in total. The van der Waals surface area contributed by atoms with Crippen molar-refractivity contribution in [3.63, 3.8) is 0 Å². The molecule has 1 heterocycles. The molecule has 0 aliphatic heterocycles. The van der Waals surface area contributed by atoms with Gasteiger partial charge in [0.2, 0.25) is 10.0 Å². The average molecular weight is 342 g/mol. The van der Waals surface area contributed by atoms with Gasteiger partial charge in [0.05, 0.1) is 17.2 Å². The number of non-ortho nitro benzene ring substituents is 1. The molecule has 1 aromatic carbocycles. The van der Waals surface area contributed by atoms with Crippen molar-refractivity contribution >= 4 is 32.7 Å². The molecule has 8 nitrogen and oxygen atoms in total. The third kappa shape index (κ3) is 3.59. The minimum absolute atomic E-state index is 0.280. The van der Waals surface area contributed by atoms with Crippen LogP contribution in [0.1, 0.15) is 10.7 Å². The van der Waals surface area contributed by atoms with E-state index in [1.807, 2.05) is 12.3 Å². The number of thiazole rings is 1. The van der Waals surface area contributed by atoms with Crippen LogP contribution in [0.5, 0.6) is 0 Å². The number of aromatic nitrogens is 1. The maximum absolute atomic E-state index is 11.7. The lowest BCUT2D eigenvalue weighted by atomic mass is 10.2. The summed E-state index contributed by atoms with van der Waals surface area (Å²) in [7, 11) is -2.41. The molecule has 0 aliphatic rings. The van der Waals surface area contributed by atoms with Gasteiger partial charge >= 0.3 is 0 Å². The summed E-state index contributed by atoms with van der Waals surface area (Å²) in [6.07, 6.45) is 0. The number of hydrogen-bond acceptors (Lipinski definition) is 7. The van der Waals surface area contributed by atoms with E-state index in [0.29, 0.717) is 12.2 Å². The second kappa shape index (κ2) is 5.99. The fourth-order valence-corrected chi connectivity index (χ4v) is 3.55. The number of rotatable bonds is 5. The van der Waals surface area contributed by atoms with Crippen molar-refractivity contribution in [3.05, 3.63) is 44.4 Å². The van der Waals surface area contributed by atoms with Gasteiger partial charge in [-0.1, -0.05) is 0 Å². The van der Waals surface area contributed by atoms with Crippen LogP contribution in [0, 0.1) is 17.0 Å². The van der Waals surface area contributed by atoms with Gasteiger partial charge in [0, 0.05) is 30.3 Å². The van der Waals surface area contributed by atoms with E-state index in [-0.39, 0.29) is 10.6 Å². The van der Waals surface area contributed by atoms with Crippen LogP contribution >= 0.6 is 11.3 Å². The molecule has 0 radical (unpaired) electrons. The quantitative estimate of drug-likeness (QED) is 0.651. The molecular weight excluding hydrogens is 328 g/mol. The van der Waals surface area contributed by atoms with E-state index >= 15 is 0 Å². The Morgan fingerprint density at radius 1 is 1.45 bits per heavy atom. The van der Waals surface area contributed by atoms with Gasteiger partial charge in [0.1, 0.15) is 9.90 Å². The third-order valence-electron chi connectivity index (χ3n) is 2.91. The van der Waals surface area contributed by atoms with Crippen molar-refractivity contribution in [1.29, 1.82) is 0 Å². The Labute approximate surface area is 131 Å². The van der Waals surface area contributed by atoms with Gasteiger partial charge in [-0.15, -0.1) is 11.3 Å². The maximum Gasteiger partial charge on any atom is 0.270 e. The first-order valence-electron chi connectivity index (χ1n) is 6.12. The molecule has 0 spiro atoms. The molecule has 0 unspecified atom stereocenters. The van der Waals surface area contributed by atoms with Crippen molar-refractivity contribution in [2.75, 3.05) is 11.9 Å². The lowest BCUT2D eigenvalue weighted by Gasteiger charge is -2.20. The van der Waals surface area contributed by atoms with Crippen molar-refractivity contribution in [2.45, 2.75) is 18.4 Å². The van der Waals surface area contributed by atoms with Crippen molar-refractivity contribution < 1.29 is 13.3 Å². The summed E-state index contributed by atoms with van der Waals surface area (Å²) >= 11 is 1.45. The number of nitrogens with zero attached hydrogens (tertiary/aromatic N) is 3. The summed E-state index contributed by atoms with van der Waals surface area (Å²) in [5.41, 5.74) is 0.844. The fraction of sp³-hybridized carbons (Fsp3) is 0.250. The molecular formula is C12H14N4O4S2. The number of benzene rings is 1. The average Bonchev–Trinajstić information content (AvgIpc) is 2.82. The van der Waals surface area contributed by atoms with Crippen LogP contribution in [0.25, 0.3) is 0 Å². The molecule has 0 fully saturated rings. The van der Waals surface area contributed by atoms with Gasteiger partial charge in [0.15, 0.2) is 0 Å². The minimum Gasteiger partial charge on any atom is -0.367 e. The number of primary sulfonamides is 1. The van der Waals surface area contributed by atoms with Gasteiger partial charge in [-0.3, -0.25) is 10.1 Å². The summed E-state index contributed by atoms with van der Waals surface area (Å²) in [6, 6.07) is 3.58. The first-order valence-corrected chi connectivity index (χ1v) is 8.54. The Hall–Kier alpha value is -2.04. The van der Waals surface area contributed by atoms with E-state index in [4.69, 9.17) is 5.14 Å². The molecule has 118 valence electrons. The van der Waals surface area contributed by atoms with Gasteiger partial charge in [-0.05, 0) is 13.0 Å². The van der Waals surface area contributed by atoms with E-state index in [1.54, 1.807) is 11.9 Å². The van der Waals surface area contributed by atoms with Crippen LogP contribution in [0.4, 0.5) is 11.4 Å². The first kappa shape index (κ1) is 16.3. The zero-order valence-electron chi connectivity index (χ0n) is 11.9. The number of sulfonamides is 1. The molecule has 0 saturated carbocycles. The zero-order valence-corrected chi connectivity index (χ0v) is 13.5. The van der Waals surface area contributed by atoms with E-state index in [2.05, 4.69) is 4.98 Å². The largest absolute Gasteiger partial charge is 0.367 e. The molecule has 0 saturated heterocycles. The van der Waals surface area contributed by atoms with Crippen LogP contribution in [0.2, 0.25) is 0 Å². The van der Waals surface area contributed by atoms with E-state index in [1.165, 1.54) is 23.5 Å². The fourth-order valence-electron chi connectivity index (χ4n) is 1.92. The van der Waals surface area contributed by atoms with E-state index < -0.39 is 14.9 Å². The predicted molar refractivity (Wildman–Crippen MR) is 83.4 cm³/mol. The van der Waals surface area contributed by atoms with Gasteiger partial charge in [0.25, 0.3) is 5.69 Å². The van der Waals surface area contributed by atoms with Crippen LogP contribution in [0.15, 0.2) is 28.5 Å². The summed E-state index contributed by atoms with van der Waals surface area (Å²) in [6.45, 7) is 2.24. The Bertz CT molecular complexity index is 816. The molecule has 2 aromatic rings. The highest BCUT2D eigenvalue weighted by molar-refractivity contribution is 7.89. The third-order valence-corrected chi connectivity index (χ3v) is 4.80. The van der Waals surface area contributed by atoms with Gasteiger partial charge in [-0.25, -0.2) is 18.5 Å². The molecule has 10 heteroatoms. The molecule has 0 bridgehead atoms. The Morgan fingerprint density at radius 2 is 2.14 bits per heavy atom. The van der Waals surface area contributed by atoms with Crippen LogP contribution in [-0.2, 0) is 16.6 Å². The van der Waals surface area contributed by atoms with Crippen LogP contribution in [-0.4, -0.2) is 25.4 Å². The maximum atomic E-state index is 11.7. The second-order valence-electron chi connectivity index (χ2n) is 4.69. The van der Waals surface area contributed by atoms with Crippen molar-refractivity contribution in [2.24, 2.45) is 5.14 Å². The summed E-state index contributed by atoms with van der Waals surface area (Å²) < 4.78 is 23.4. The predicted octanol–water partition coefficient (Wildman–Crippen LogP) is 1.64. The molecule has 0 atom stereocenters. The normalized spacial score (nSPS) is 11.4. The van der Waals surface area contributed by atoms with Crippen molar-refractivity contribution in [3.8, 4) is 0 Å². The highest BCUT2D eigenvalue weighted by Gasteiger charge is 2.21. The molecule has 0 aliphatic carbocycles. The molecule has 1 aromatic heterocycles. The zero-order chi connectivity index (χ0) is 16.5. The monoisotopic (exact) mass is 342 g/mol. The van der Waals surface area contributed by atoms with Crippen LogP contribution in [0.3, 0.4) is 0 Å². The molecule has 0 amide bonds. The van der Waals surface area contributed by atoms with Gasteiger partial charge < -0.3 is 4.90 Å². The summed E-state index contributed by atoms with van der Waals surface area (Å²) in [5.74, 6) is 0. The van der Waals surface area contributed by atoms with E-state index in [0.717, 1.165) is 16.8 Å². The Morgan fingerprint density at radius 3 is 2.64 bits per heavy atom. The number of aryl methyl sites for hydroxylation is 1. The number of anilines is 1. The lowest BCUT2D eigenvalue weighted by molar-refractivity contribution is -0.385. The van der Waals surface area contributed by atoms with Crippen LogP contribution < -0.4 is 10.0 Å². The number of nitrogens with two attached hydrogens (primary N) is 1. The van der Waals surface area contributed by atoms with Gasteiger partial charge in [-0.2, -0.15) is 0 Å². The summed E-state index contributed by atoms with van der Waals surface area (Å²) in [4.78, 5) is 15.8. The Balaban J connectivity index is 2.43. The topological polar surface area (TPSA) is 119 Å².